The Morgan fingerprint density at radius 3 is 2.38 bits per heavy atom. The summed E-state index contributed by atoms with van der Waals surface area (Å²) in [5, 5.41) is 25.7. The summed E-state index contributed by atoms with van der Waals surface area (Å²) in [4.78, 5) is 14.6. The number of methoxy groups -OCH3 is 2. The zero-order valence-corrected chi connectivity index (χ0v) is 17.0. The number of hydrogen-bond donors (Lipinski definition) is 4. The van der Waals surface area contributed by atoms with Gasteiger partial charge < -0.3 is 35.1 Å². The number of carbonyl (C=O) groups is 1. The van der Waals surface area contributed by atoms with Crippen molar-refractivity contribution in [2.75, 3.05) is 45.8 Å². The summed E-state index contributed by atoms with van der Waals surface area (Å²) in [6.45, 7) is 1.74. The Hall–Kier alpha value is -2.07. The van der Waals surface area contributed by atoms with E-state index >= 15 is 0 Å². The number of anilines is 1. The van der Waals surface area contributed by atoms with Gasteiger partial charge in [-0.25, -0.2) is 4.79 Å². The Balaban J connectivity index is 1.60. The van der Waals surface area contributed by atoms with Crippen LogP contribution in [0.25, 0.3) is 0 Å². The van der Waals surface area contributed by atoms with Gasteiger partial charge in [0, 0.05) is 30.4 Å². The van der Waals surface area contributed by atoms with E-state index in [4.69, 9.17) is 14.2 Å². The van der Waals surface area contributed by atoms with Crippen LogP contribution < -0.4 is 20.1 Å². The van der Waals surface area contributed by atoms with Crippen LogP contribution in [0.2, 0.25) is 0 Å². The van der Waals surface area contributed by atoms with E-state index < -0.39 is 24.3 Å². The Morgan fingerprint density at radius 1 is 1.14 bits per heavy atom. The Kier molecular flexibility index (Phi) is 7.54. The minimum Gasteiger partial charge on any atom is -0.497 e. The smallest absolute Gasteiger partial charge is 0.319 e. The van der Waals surface area contributed by atoms with Crippen molar-refractivity contribution in [2.24, 2.45) is 0 Å². The number of rotatable bonds is 7. The van der Waals surface area contributed by atoms with E-state index in [-0.39, 0.29) is 19.2 Å². The van der Waals surface area contributed by atoms with Crippen molar-refractivity contribution >= 4 is 11.7 Å². The van der Waals surface area contributed by atoms with Crippen LogP contribution in [0.4, 0.5) is 10.5 Å². The molecule has 0 aliphatic carbocycles. The van der Waals surface area contributed by atoms with Gasteiger partial charge in [-0.15, -0.1) is 0 Å². The molecule has 2 saturated heterocycles. The van der Waals surface area contributed by atoms with Gasteiger partial charge in [-0.3, -0.25) is 4.90 Å². The molecule has 2 fully saturated rings. The SMILES string of the molecule is COc1cc(NC(=O)NC[C@@H]2O[C@@H](CO)[C@@H](O)[C@H]2N2CCCCC2)cc(OC)c1. The molecule has 0 bridgehead atoms. The molecule has 0 spiro atoms. The van der Waals surface area contributed by atoms with Gasteiger partial charge in [0.25, 0.3) is 0 Å². The number of nitrogens with one attached hydrogen (secondary N) is 2. The molecular weight excluding hydrogens is 378 g/mol. The maximum absolute atomic E-state index is 12.4. The molecule has 2 amide bonds. The number of ether oxygens (including phenoxy) is 3. The normalized spacial score (nSPS) is 27.4. The van der Waals surface area contributed by atoms with Gasteiger partial charge in [0.15, 0.2) is 0 Å². The van der Waals surface area contributed by atoms with Crippen molar-refractivity contribution in [3.05, 3.63) is 18.2 Å². The molecule has 1 aromatic rings. The molecule has 1 aromatic carbocycles. The molecule has 0 aromatic heterocycles. The number of urea groups is 1. The lowest BCUT2D eigenvalue weighted by Gasteiger charge is -2.36. The third-order valence-corrected chi connectivity index (χ3v) is 5.53. The van der Waals surface area contributed by atoms with E-state index in [0.717, 1.165) is 25.9 Å². The van der Waals surface area contributed by atoms with E-state index in [2.05, 4.69) is 15.5 Å². The van der Waals surface area contributed by atoms with Crippen molar-refractivity contribution < 1.29 is 29.2 Å². The first-order valence-electron chi connectivity index (χ1n) is 10.0. The van der Waals surface area contributed by atoms with Crippen molar-refractivity contribution in [3.8, 4) is 11.5 Å². The second-order valence-electron chi connectivity index (χ2n) is 7.41. The number of piperidine rings is 1. The van der Waals surface area contributed by atoms with Gasteiger partial charge in [0.2, 0.25) is 0 Å². The monoisotopic (exact) mass is 409 g/mol. The number of aliphatic hydroxyl groups excluding tert-OH is 2. The van der Waals surface area contributed by atoms with Gasteiger partial charge in [0.1, 0.15) is 23.7 Å². The van der Waals surface area contributed by atoms with Gasteiger partial charge in [-0.05, 0) is 25.9 Å². The molecule has 2 aliphatic rings. The number of amides is 2. The second-order valence-corrected chi connectivity index (χ2v) is 7.41. The standard InChI is InChI=1S/C20H31N3O6/c1-27-14-8-13(9-15(10-14)28-2)22-20(26)21-11-16-18(19(25)17(12-24)29-16)23-6-4-3-5-7-23/h8-10,16-19,24-25H,3-7,11-12H2,1-2H3,(H2,21,22,26)/t16-,17-,18-,19+/m0/s1. The molecule has 9 heteroatoms. The molecule has 2 aliphatic heterocycles. The molecule has 4 N–H and O–H groups in total. The highest BCUT2D eigenvalue weighted by atomic mass is 16.5. The predicted octanol–water partition coefficient (Wildman–Crippen LogP) is 0.800. The van der Waals surface area contributed by atoms with Gasteiger partial charge >= 0.3 is 6.03 Å². The topological polar surface area (TPSA) is 113 Å². The van der Waals surface area contributed by atoms with E-state index in [0.29, 0.717) is 17.2 Å². The van der Waals surface area contributed by atoms with E-state index in [1.165, 1.54) is 6.42 Å². The van der Waals surface area contributed by atoms with Crippen LogP contribution in [0.5, 0.6) is 11.5 Å². The lowest BCUT2D eigenvalue weighted by atomic mass is 9.99. The van der Waals surface area contributed by atoms with E-state index in [9.17, 15) is 15.0 Å². The van der Waals surface area contributed by atoms with Crippen LogP contribution >= 0.6 is 0 Å². The van der Waals surface area contributed by atoms with E-state index in [1.807, 2.05) is 0 Å². The number of nitrogens with zero attached hydrogens (tertiary/aromatic N) is 1. The summed E-state index contributed by atoms with van der Waals surface area (Å²) >= 11 is 0. The van der Waals surface area contributed by atoms with Crippen LogP contribution in [0.3, 0.4) is 0 Å². The first kappa shape index (κ1) is 21.6. The lowest BCUT2D eigenvalue weighted by Crippen LogP contribution is -2.52. The number of likely N-dealkylation sites (tertiary alicyclic amines) is 1. The van der Waals surface area contributed by atoms with Crippen molar-refractivity contribution in [1.82, 2.24) is 10.2 Å². The summed E-state index contributed by atoms with van der Waals surface area (Å²) in [6, 6.07) is 4.45. The van der Waals surface area contributed by atoms with Crippen molar-refractivity contribution in [2.45, 2.75) is 43.6 Å². The summed E-state index contributed by atoms with van der Waals surface area (Å²) in [6.07, 6.45) is 1.51. The average molecular weight is 409 g/mol. The first-order chi connectivity index (χ1) is 14.0. The maximum Gasteiger partial charge on any atom is 0.319 e. The molecule has 4 atom stereocenters. The summed E-state index contributed by atoms with van der Waals surface area (Å²) in [5.74, 6) is 1.13. The van der Waals surface area contributed by atoms with Crippen LogP contribution in [0.15, 0.2) is 18.2 Å². The average Bonchev–Trinajstić information content (AvgIpc) is 3.07. The Morgan fingerprint density at radius 2 is 1.79 bits per heavy atom. The molecule has 162 valence electrons. The summed E-state index contributed by atoms with van der Waals surface area (Å²) in [5.41, 5.74) is 0.534. The zero-order chi connectivity index (χ0) is 20.8. The van der Waals surface area contributed by atoms with Crippen molar-refractivity contribution in [3.63, 3.8) is 0 Å². The second kappa shape index (κ2) is 10.1. The number of benzene rings is 1. The van der Waals surface area contributed by atoms with Crippen LogP contribution in [0, 0.1) is 0 Å². The zero-order valence-electron chi connectivity index (χ0n) is 17.0. The van der Waals surface area contributed by atoms with Gasteiger partial charge in [-0.1, -0.05) is 6.42 Å². The molecular formula is C20H31N3O6. The third kappa shape index (κ3) is 5.30. The summed E-state index contributed by atoms with van der Waals surface area (Å²) in [7, 11) is 3.08. The van der Waals surface area contributed by atoms with Crippen molar-refractivity contribution in [1.29, 1.82) is 0 Å². The highest BCUT2D eigenvalue weighted by molar-refractivity contribution is 5.89. The molecule has 0 unspecified atom stereocenters. The molecule has 3 rings (SSSR count). The maximum atomic E-state index is 12.4. The summed E-state index contributed by atoms with van der Waals surface area (Å²) < 4.78 is 16.3. The van der Waals surface area contributed by atoms with Crippen LogP contribution in [0.1, 0.15) is 19.3 Å². The molecule has 2 heterocycles. The predicted molar refractivity (Wildman–Crippen MR) is 108 cm³/mol. The van der Waals surface area contributed by atoms with Gasteiger partial charge in [-0.2, -0.15) is 0 Å². The molecule has 29 heavy (non-hydrogen) atoms. The fourth-order valence-electron chi connectivity index (χ4n) is 4.06. The minimum atomic E-state index is -0.782. The fourth-order valence-corrected chi connectivity index (χ4v) is 4.06. The Bertz CT molecular complexity index is 660. The number of carbonyl (C=O) groups excluding carboxylic acids is 1. The third-order valence-electron chi connectivity index (χ3n) is 5.53. The van der Waals surface area contributed by atoms with Crippen LogP contribution in [-0.2, 0) is 4.74 Å². The molecule has 9 nitrogen and oxygen atoms in total. The highest BCUT2D eigenvalue weighted by Crippen LogP contribution is 2.28. The number of hydrogen-bond acceptors (Lipinski definition) is 7. The van der Waals surface area contributed by atoms with E-state index in [1.54, 1.807) is 32.4 Å². The fraction of sp³-hybridized carbons (Fsp3) is 0.650. The Labute approximate surface area is 170 Å². The minimum absolute atomic E-state index is 0.224. The largest absolute Gasteiger partial charge is 0.497 e. The molecule has 0 radical (unpaired) electrons. The first-order valence-corrected chi connectivity index (χ1v) is 10.0. The quantitative estimate of drug-likeness (QED) is 0.527. The molecule has 0 saturated carbocycles. The van der Waals surface area contributed by atoms with Gasteiger partial charge in [0.05, 0.1) is 33.0 Å². The highest BCUT2D eigenvalue weighted by Gasteiger charge is 2.46. The number of aliphatic hydroxyl groups is 2. The van der Waals surface area contributed by atoms with Crippen LogP contribution in [-0.4, -0.2) is 86.0 Å². The lowest BCUT2D eigenvalue weighted by molar-refractivity contribution is -0.0205.